The van der Waals surface area contributed by atoms with Gasteiger partial charge in [-0.05, 0) is 18.2 Å². The lowest BCUT2D eigenvalue weighted by Gasteiger charge is -2.31. The van der Waals surface area contributed by atoms with Gasteiger partial charge in [0, 0.05) is 31.6 Å². The highest BCUT2D eigenvalue weighted by molar-refractivity contribution is 6.32. The summed E-state index contributed by atoms with van der Waals surface area (Å²) >= 11 is 6.17. The molecule has 1 saturated heterocycles. The number of aromatic nitrogens is 3. The van der Waals surface area contributed by atoms with Crippen molar-refractivity contribution in [3.05, 3.63) is 35.9 Å². The Morgan fingerprint density at radius 3 is 2.65 bits per heavy atom. The SMILES string of the molecule is O=C(Nc1ccc(-n2cncn2)c(Cl)c1)N1CCC(F)(F)CC1. The number of amides is 2. The number of piperidine rings is 1. The van der Waals surface area contributed by atoms with Crippen LogP contribution in [0.4, 0.5) is 19.3 Å². The number of rotatable bonds is 2. The lowest BCUT2D eigenvalue weighted by molar-refractivity contribution is -0.0461. The highest BCUT2D eigenvalue weighted by atomic mass is 35.5. The minimum absolute atomic E-state index is 0.0314. The minimum Gasteiger partial charge on any atom is -0.324 e. The van der Waals surface area contributed by atoms with E-state index in [0.717, 1.165) is 0 Å². The normalized spacial score (nSPS) is 17.1. The molecule has 6 nitrogen and oxygen atoms in total. The van der Waals surface area contributed by atoms with E-state index in [-0.39, 0.29) is 25.9 Å². The molecule has 0 bridgehead atoms. The monoisotopic (exact) mass is 341 g/mol. The molecule has 1 aliphatic rings. The van der Waals surface area contributed by atoms with E-state index in [1.807, 2.05) is 0 Å². The van der Waals surface area contributed by atoms with Crippen molar-refractivity contribution in [1.82, 2.24) is 19.7 Å². The van der Waals surface area contributed by atoms with Gasteiger partial charge in [0.15, 0.2) is 0 Å². The molecule has 1 N–H and O–H groups in total. The van der Waals surface area contributed by atoms with Crippen LogP contribution in [-0.2, 0) is 0 Å². The number of halogens is 3. The molecule has 0 atom stereocenters. The van der Waals surface area contributed by atoms with E-state index in [1.165, 1.54) is 22.2 Å². The summed E-state index contributed by atoms with van der Waals surface area (Å²) in [6, 6.07) is 4.52. The number of carbonyl (C=O) groups is 1. The van der Waals surface area contributed by atoms with Crippen LogP contribution in [0.15, 0.2) is 30.9 Å². The third-order valence-corrected chi connectivity index (χ3v) is 3.95. The molecule has 0 unspecified atom stereocenters. The molecule has 2 aromatic rings. The van der Waals surface area contributed by atoms with Crippen LogP contribution in [0, 0.1) is 0 Å². The maximum atomic E-state index is 13.1. The first kappa shape index (κ1) is 15.7. The van der Waals surface area contributed by atoms with Crippen molar-refractivity contribution in [3.8, 4) is 5.69 Å². The molecule has 23 heavy (non-hydrogen) atoms. The summed E-state index contributed by atoms with van der Waals surface area (Å²) in [6.07, 6.45) is 2.27. The Bertz CT molecular complexity index is 697. The van der Waals surface area contributed by atoms with Gasteiger partial charge in [0.25, 0.3) is 5.92 Å². The number of anilines is 1. The van der Waals surface area contributed by atoms with Gasteiger partial charge < -0.3 is 10.2 Å². The van der Waals surface area contributed by atoms with Crippen LogP contribution in [0.5, 0.6) is 0 Å². The molecule has 9 heteroatoms. The Balaban J connectivity index is 1.66. The fourth-order valence-electron chi connectivity index (χ4n) is 2.34. The highest BCUT2D eigenvalue weighted by Crippen LogP contribution is 2.28. The minimum atomic E-state index is -2.68. The summed E-state index contributed by atoms with van der Waals surface area (Å²) in [5.41, 5.74) is 1.11. The van der Waals surface area contributed by atoms with Gasteiger partial charge in [0.1, 0.15) is 12.7 Å². The van der Waals surface area contributed by atoms with Crippen molar-refractivity contribution in [1.29, 1.82) is 0 Å². The number of hydrogen-bond acceptors (Lipinski definition) is 3. The Hall–Kier alpha value is -2.22. The zero-order chi connectivity index (χ0) is 16.4. The van der Waals surface area contributed by atoms with Crippen molar-refractivity contribution in [2.24, 2.45) is 0 Å². The van der Waals surface area contributed by atoms with Crippen LogP contribution < -0.4 is 5.32 Å². The molecule has 1 aromatic carbocycles. The van der Waals surface area contributed by atoms with Gasteiger partial charge in [-0.3, -0.25) is 0 Å². The molecule has 0 saturated carbocycles. The molecule has 2 amide bonds. The topological polar surface area (TPSA) is 63.1 Å². The van der Waals surface area contributed by atoms with E-state index in [2.05, 4.69) is 15.4 Å². The van der Waals surface area contributed by atoms with Gasteiger partial charge in [-0.2, -0.15) is 5.10 Å². The van der Waals surface area contributed by atoms with Crippen LogP contribution in [0.2, 0.25) is 5.02 Å². The zero-order valence-corrected chi connectivity index (χ0v) is 12.8. The molecule has 1 aromatic heterocycles. The fourth-order valence-corrected chi connectivity index (χ4v) is 2.61. The summed E-state index contributed by atoms with van der Waals surface area (Å²) in [5, 5.41) is 7.03. The highest BCUT2D eigenvalue weighted by Gasteiger charge is 2.35. The van der Waals surface area contributed by atoms with Crippen molar-refractivity contribution >= 4 is 23.3 Å². The lowest BCUT2D eigenvalue weighted by Crippen LogP contribution is -2.44. The van der Waals surface area contributed by atoms with E-state index >= 15 is 0 Å². The number of hydrogen-bond donors (Lipinski definition) is 1. The maximum Gasteiger partial charge on any atom is 0.321 e. The molecule has 1 aliphatic heterocycles. The fraction of sp³-hybridized carbons (Fsp3) is 0.357. The molecule has 0 radical (unpaired) electrons. The molecule has 3 rings (SSSR count). The number of benzene rings is 1. The number of nitrogens with zero attached hydrogens (tertiary/aromatic N) is 4. The second-order valence-electron chi connectivity index (χ2n) is 5.28. The lowest BCUT2D eigenvalue weighted by atomic mass is 10.1. The summed E-state index contributed by atoms with van der Waals surface area (Å²) in [6.45, 7) is 0.0627. The van der Waals surface area contributed by atoms with E-state index < -0.39 is 12.0 Å². The molecule has 0 aliphatic carbocycles. The van der Waals surface area contributed by atoms with E-state index in [0.29, 0.717) is 16.4 Å². The average Bonchev–Trinajstić information content (AvgIpc) is 3.01. The second-order valence-corrected chi connectivity index (χ2v) is 5.69. The van der Waals surface area contributed by atoms with Gasteiger partial charge in [-0.1, -0.05) is 11.6 Å². The molecule has 1 fully saturated rings. The van der Waals surface area contributed by atoms with Crippen LogP contribution in [-0.4, -0.2) is 44.7 Å². The van der Waals surface area contributed by atoms with E-state index in [4.69, 9.17) is 11.6 Å². The van der Waals surface area contributed by atoms with Gasteiger partial charge in [-0.25, -0.2) is 23.2 Å². The van der Waals surface area contributed by atoms with Crippen LogP contribution in [0.3, 0.4) is 0 Å². The number of nitrogens with one attached hydrogen (secondary N) is 1. The first-order chi connectivity index (χ1) is 10.9. The van der Waals surface area contributed by atoms with E-state index in [1.54, 1.807) is 18.2 Å². The Kier molecular flexibility index (Phi) is 4.16. The number of alkyl halides is 2. The Labute approximate surface area is 136 Å². The van der Waals surface area contributed by atoms with Crippen molar-refractivity contribution in [2.45, 2.75) is 18.8 Å². The predicted molar refractivity (Wildman–Crippen MR) is 81.1 cm³/mol. The van der Waals surface area contributed by atoms with Crippen molar-refractivity contribution in [2.75, 3.05) is 18.4 Å². The largest absolute Gasteiger partial charge is 0.324 e. The van der Waals surface area contributed by atoms with E-state index in [9.17, 15) is 13.6 Å². The van der Waals surface area contributed by atoms with Crippen LogP contribution in [0.25, 0.3) is 5.69 Å². The van der Waals surface area contributed by atoms with Crippen molar-refractivity contribution in [3.63, 3.8) is 0 Å². The smallest absolute Gasteiger partial charge is 0.321 e. The molecular weight excluding hydrogens is 328 g/mol. The number of carbonyl (C=O) groups excluding carboxylic acids is 1. The van der Waals surface area contributed by atoms with Crippen LogP contribution in [0.1, 0.15) is 12.8 Å². The van der Waals surface area contributed by atoms with Gasteiger partial charge in [-0.15, -0.1) is 0 Å². The zero-order valence-electron chi connectivity index (χ0n) is 12.0. The first-order valence-electron chi connectivity index (χ1n) is 7.03. The van der Waals surface area contributed by atoms with Crippen LogP contribution >= 0.6 is 11.6 Å². The number of likely N-dealkylation sites (tertiary alicyclic amines) is 1. The predicted octanol–water partition coefficient (Wildman–Crippen LogP) is 3.18. The molecule has 122 valence electrons. The summed E-state index contributed by atoms with van der Waals surface area (Å²) in [4.78, 5) is 17.3. The first-order valence-corrected chi connectivity index (χ1v) is 7.41. The van der Waals surface area contributed by atoms with Gasteiger partial charge in [0.05, 0.1) is 10.7 Å². The Morgan fingerprint density at radius 2 is 2.04 bits per heavy atom. The van der Waals surface area contributed by atoms with Crippen molar-refractivity contribution < 1.29 is 13.6 Å². The molecule has 2 heterocycles. The summed E-state index contributed by atoms with van der Waals surface area (Å²) < 4.78 is 27.7. The van der Waals surface area contributed by atoms with Gasteiger partial charge in [0.2, 0.25) is 0 Å². The van der Waals surface area contributed by atoms with Gasteiger partial charge >= 0.3 is 6.03 Å². The second kappa shape index (κ2) is 6.11. The molecule has 0 spiro atoms. The summed E-state index contributed by atoms with van der Waals surface area (Å²) in [7, 11) is 0. The Morgan fingerprint density at radius 1 is 1.30 bits per heavy atom. The summed E-state index contributed by atoms with van der Waals surface area (Å²) in [5.74, 6) is -2.68. The third kappa shape index (κ3) is 3.58. The maximum absolute atomic E-state index is 13.1. The quantitative estimate of drug-likeness (QED) is 0.912. The third-order valence-electron chi connectivity index (χ3n) is 3.65. The molecular formula is C14H14ClF2N5O. The number of urea groups is 1. The standard InChI is InChI=1S/C14H14ClF2N5O/c15-11-7-10(1-2-12(11)22-9-18-8-19-22)20-13(23)21-5-3-14(16,17)4-6-21/h1-2,7-9H,3-6H2,(H,20,23). The average molecular weight is 342 g/mol.